The Labute approximate surface area is 102 Å². The predicted octanol–water partition coefficient (Wildman–Crippen LogP) is -4.40. The normalized spacial score (nSPS) is 40.2. The molecule has 0 amide bonds. The van der Waals surface area contributed by atoms with E-state index in [4.69, 9.17) is 25.8 Å². The zero-order valence-corrected chi connectivity index (χ0v) is 9.38. The Balaban J connectivity index is 3.04. The van der Waals surface area contributed by atoms with Crippen molar-refractivity contribution in [3.63, 3.8) is 0 Å². The van der Waals surface area contributed by atoms with Crippen LogP contribution in [0.3, 0.4) is 0 Å². The summed E-state index contributed by atoms with van der Waals surface area (Å²) >= 11 is 0. The maximum Gasteiger partial charge on any atom is 0.328 e. The van der Waals surface area contributed by atoms with Gasteiger partial charge < -0.3 is 41.1 Å². The number of rotatable bonds is 4. The SMILES string of the molecule is NC(CO)(C(=O)O)C1O[C@H](CO)[C@@H](O)[C@H](O)[C@H]1O. The Morgan fingerprint density at radius 1 is 1.17 bits per heavy atom. The molecule has 18 heavy (non-hydrogen) atoms. The lowest BCUT2D eigenvalue weighted by Gasteiger charge is -2.45. The lowest BCUT2D eigenvalue weighted by Crippen LogP contribution is -2.71. The van der Waals surface area contributed by atoms with Gasteiger partial charge in [0.2, 0.25) is 0 Å². The molecule has 0 saturated carbocycles. The van der Waals surface area contributed by atoms with Crippen molar-refractivity contribution in [3.05, 3.63) is 0 Å². The highest BCUT2D eigenvalue weighted by Crippen LogP contribution is 2.27. The van der Waals surface area contributed by atoms with Crippen molar-refractivity contribution >= 4 is 5.97 Å². The molecule has 2 unspecified atom stereocenters. The molecule has 0 bridgehead atoms. The zero-order chi connectivity index (χ0) is 14.1. The Kier molecular flexibility index (Phi) is 4.61. The van der Waals surface area contributed by atoms with Crippen molar-refractivity contribution in [1.29, 1.82) is 0 Å². The van der Waals surface area contributed by atoms with Gasteiger partial charge in [0, 0.05) is 0 Å². The lowest BCUT2D eigenvalue weighted by atomic mass is 9.83. The molecule has 1 fully saturated rings. The molecule has 8 N–H and O–H groups in total. The van der Waals surface area contributed by atoms with Crippen LogP contribution in [-0.4, -0.2) is 85.9 Å². The fourth-order valence-electron chi connectivity index (χ4n) is 1.81. The highest BCUT2D eigenvalue weighted by atomic mass is 16.5. The monoisotopic (exact) mass is 267 g/mol. The van der Waals surface area contributed by atoms with E-state index in [2.05, 4.69) is 0 Å². The van der Waals surface area contributed by atoms with Gasteiger partial charge >= 0.3 is 5.97 Å². The summed E-state index contributed by atoms with van der Waals surface area (Å²) < 4.78 is 4.97. The first kappa shape index (κ1) is 15.2. The molecular formula is C9H17NO8. The third kappa shape index (κ3) is 2.34. The number of carboxylic acid groups (broad SMARTS) is 1. The summed E-state index contributed by atoms with van der Waals surface area (Å²) in [7, 11) is 0. The maximum absolute atomic E-state index is 11.0. The summed E-state index contributed by atoms with van der Waals surface area (Å²) in [5.41, 5.74) is 3.07. The number of nitrogens with two attached hydrogens (primary N) is 1. The van der Waals surface area contributed by atoms with Gasteiger partial charge in [0.05, 0.1) is 13.2 Å². The van der Waals surface area contributed by atoms with E-state index in [0.717, 1.165) is 0 Å². The van der Waals surface area contributed by atoms with E-state index in [9.17, 15) is 20.1 Å². The molecule has 0 spiro atoms. The van der Waals surface area contributed by atoms with Crippen LogP contribution >= 0.6 is 0 Å². The highest BCUT2D eigenvalue weighted by molar-refractivity contribution is 5.79. The number of hydrogen-bond acceptors (Lipinski definition) is 8. The molecule has 106 valence electrons. The first-order valence-corrected chi connectivity index (χ1v) is 5.23. The van der Waals surface area contributed by atoms with Crippen LogP contribution in [0.4, 0.5) is 0 Å². The standard InChI is InChI=1S/C9H17NO8/c10-9(2-12,8(16)17)7-6(15)5(14)4(13)3(1-11)18-7/h3-7,11-15H,1-2,10H2,(H,16,17)/t3-,4-,5+,6-,7?,9?/m1/s1. The van der Waals surface area contributed by atoms with Crippen molar-refractivity contribution in [1.82, 2.24) is 0 Å². The molecule has 1 aliphatic heterocycles. The van der Waals surface area contributed by atoms with E-state index in [0.29, 0.717) is 0 Å². The van der Waals surface area contributed by atoms with Gasteiger partial charge in [-0.05, 0) is 0 Å². The average Bonchev–Trinajstić information content (AvgIpc) is 2.35. The van der Waals surface area contributed by atoms with Gasteiger partial charge in [-0.3, -0.25) is 4.79 Å². The third-order valence-electron chi connectivity index (χ3n) is 3.06. The molecule has 0 aromatic rings. The largest absolute Gasteiger partial charge is 0.480 e. The van der Waals surface area contributed by atoms with E-state index in [1.165, 1.54) is 0 Å². The Bertz CT molecular complexity index is 311. The van der Waals surface area contributed by atoms with Crippen LogP contribution in [0.2, 0.25) is 0 Å². The quantitative estimate of drug-likeness (QED) is 0.265. The topological polar surface area (TPSA) is 174 Å². The number of ether oxygens (including phenoxy) is 1. The summed E-state index contributed by atoms with van der Waals surface area (Å²) in [6.45, 7) is -1.76. The molecule has 0 aliphatic carbocycles. The van der Waals surface area contributed by atoms with E-state index < -0.39 is 55.2 Å². The van der Waals surface area contributed by atoms with E-state index >= 15 is 0 Å². The molecule has 9 nitrogen and oxygen atoms in total. The number of hydrogen-bond donors (Lipinski definition) is 7. The van der Waals surface area contributed by atoms with Gasteiger partial charge in [-0.2, -0.15) is 0 Å². The minimum atomic E-state index is -2.35. The first-order valence-electron chi connectivity index (χ1n) is 5.23. The van der Waals surface area contributed by atoms with Crippen LogP contribution < -0.4 is 5.73 Å². The van der Waals surface area contributed by atoms with E-state index in [-0.39, 0.29) is 0 Å². The Morgan fingerprint density at radius 3 is 2.11 bits per heavy atom. The molecular weight excluding hydrogens is 250 g/mol. The van der Waals surface area contributed by atoms with Gasteiger partial charge in [0.15, 0.2) is 5.54 Å². The van der Waals surface area contributed by atoms with Crippen LogP contribution in [0, 0.1) is 0 Å². The van der Waals surface area contributed by atoms with Crippen molar-refractivity contribution in [2.45, 2.75) is 36.1 Å². The highest BCUT2D eigenvalue weighted by Gasteiger charge is 2.54. The second-order valence-corrected chi connectivity index (χ2v) is 4.25. The van der Waals surface area contributed by atoms with Gasteiger partial charge in [-0.15, -0.1) is 0 Å². The third-order valence-corrected chi connectivity index (χ3v) is 3.06. The second kappa shape index (κ2) is 5.45. The van der Waals surface area contributed by atoms with Crippen molar-refractivity contribution in [2.75, 3.05) is 13.2 Å². The summed E-state index contributed by atoms with van der Waals surface area (Å²) in [5.74, 6) is -1.64. The molecule has 9 heteroatoms. The van der Waals surface area contributed by atoms with Gasteiger partial charge in [-0.1, -0.05) is 0 Å². The molecule has 1 saturated heterocycles. The minimum Gasteiger partial charge on any atom is -0.480 e. The number of aliphatic carboxylic acids is 1. The van der Waals surface area contributed by atoms with Crippen LogP contribution in [-0.2, 0) is 9.53 Å². The summed E-state index contributed by atoms with van der Waals surface area (Å²) in [4.78, 5) is 11.0. The smallest absolute Gasteiger partial charge is 0.328 e. The molecule has 1 heterocycles. The molecule has 1 rings (SSSR count). The van der Waals surface area contributed by atoms with Gasteiger partial charge in [0.1, 0.15) is 30.5 Å². The minimum absolute atomic E-state index is 0.706. The molecule has 1 aliphatic rings. The predicted molar refractivity (Wildman–Crippen MR) is 55.4 cm³/mol. The second-order valence-electron chi connectivity index (χ2n) is 4.25. The molecule has 0 radical (unpaired) electrons. The van der Waals surface area contributed by atoms with Gasteiger partial charge in [-0.25, -0.2) is 0 Å². The fraction of sp³-hybridized carbons (Fsp3) is 0.889. The molecule has 0 aromatic carbocycles. The van der Waals surface area contributed by atoms with E-state index in [1.807, 2.05) is 0 Å². The van der Waals surface area contributed by atoms with Crippen molar-refractivity contribution < 1.29 is 40.2 Å². The number of carbonyl (C=O) groups is 1. The number of aliphatic hydroxyl groups excluding tert-OH is 5. The van der Waals surface area contributed by atoms with E-state index in [1.54, 1.807) is 0 Å². The Hall–Kier alpha value is -0.810. The number of carboxylic acids is 1. The zero-order valence-electron chi connectivity index (χ0n) is 9.38. The van der Waals surface area contributed by atoms with Crippen LogP contribution in [0.25, 0.3) is 0 Å². The first-order chi connectivity index (χ1) is 8.29. The average molecular weight is 267 g/mol. The molecule has 6 atom stereocenters. The summed E-state index contributed by atoms with van der Waals surface area (Å²) in [5, 5.41) is 55.6. The summed E-state index contributed by atoms with van der Waals surface area (Å²) in [6.07, 6.45) is -8.11. The van der Waals surface area contributed by atoms with Crippen LogP contribution in [0.1, 0.15) is 0 Å². The van der Waals surface area contributed by atoms with Crippen LogP contribution in [0.15, 0.2) is 0 Å². The summed E-state index contributed by atoms with van der Waals surface area (Å²) in [6, 6.07) is 0. The fourth-order valence-corrected chi connectivity index (χ4v) is 1.81. The Morgan fingerprint density at radius 2 is 1.72 bits per heavy atom. The van der Waals surface area contributed by atoms with Crippen molar-refractivity contribution in [2.24, 2.45) is 5.73 Å². The van der Waals surface area contributed by atoms with Gasteiger partial charge in [0.25, 0.3) is 0 Å². The molecule has 0 aromatic heterocycles. The van der Waals surface area contributed by atoms with Crippen LogP contribution in [0.5, 0.6) is 0 Å². The lowest BCUT2D eigenvalue weighted by molar-refractivity contribution is -0.247. The number of aliphatic hydroxyl groups is 5. The van der Waals surface area contributed by atoms with Crippen molar-refractivity contribution in [3.8, 4) is 0 Å². The maximum atomic E-state index is 11.0.